The Labute approximate surface area is 163 Å². The molecule has 0 aliphatic heterocycles. The SMILES string of the molecule is CCNC(=NCc1ccc(Cl)nc1)NCc1ncc(CC)s1.I. The van der Waals surface area contributed by atoms with Gasteiger partial charge >= 0.3 is 0 Å². The van der Waals surface area contributed by atoms with Crippen LogP contribution in [-0.4, -0.2) is 22.5 Å². The third kappa shape index (κ3) is 7.01. The van der Waals surface area contributed by atoms with E-state index in [2.05, 4.69) is 32.5 Å². The Bertz CT molecular complexity index is 615. The minimum Gasteiger partial charge on any atom is -0.357 e. The van der Waals surface area contributed by atoms with Crippen LogP contribution in [0.2, 0.25) is 5.15 Å². The molecule has 2 aromatic heterocycles. The molecule has 0 saturated heterocycles. The highest BCUT2D eigenvalue weighted by atomic mass is 127. The predicted molar refractivity (Wildman–Crippen MR) is 108 cm³/mol. The maximum absolute atomic E-state index is 5.78. The molecule has 23 heavy (non-hydrogen) atoms. The van der Waals surface area contributed by atoms with Gasteiger partial charge in [0.25, 0.3) is 0 Å². The fourth-order valence-corrected chi connectivity index (χ4v) is 2.68. The van der Waals surface area contributed by atoms with Crippen LogP contribution in [0.3, 0.4) is 0 Å². The van der Waals surface area contributed by atoms with Crippen LogP contribution in [-0.2, 0) is 19.5 Å². The number of aryl methyl sites for hydroxylation is 1. The molecular weight excluding hydrogens is 445 g/mol. The van der Waals surface area contributed by atoms with Gasteiger partial charge in [0.15, 0.2) is 5.96 Å². The lowest BCUT2D eigenvalue weighted by atomic mass is 10.3. The van der Waals surface area contributed by atoms with E-state index in [-0.39, 0.29) is 24.0 Å². The van der Waals surface area contributed by atoms with Crippen molar-refractivity contribution in [2.75, 3.05) is 6.54 Å². The second-order valence-corrected chi connectivity index (χ2v) is 6.20. The second-order valence-electron chi connectivity index (χ2n) is 4.61. The first kappa shape index (κ1) is 20.1. The molecule has 0 spiro atoms. The Morgan fingerprint density at radius 3 is 2.65 bits per heavy atom. The topological polar surface area (TPSA) is 62.2 Å². The first-order chi connectivity index (χ1) is 10.7. The fraction of sp³-hybridized carbons (Fsp3) is 0.400. The van der Waals surface area contributed by atoms with Crippen molar-refractivity contribution in [1.82, 2.24) is 20.6 Å². The average molecular weight is 466 g/mol. The van der Waals surface area contributed by atoms with E-state index >= 15 is 0 Å². The van der Waals surface area contributed by atoms with Gasteiger partial charge in [-0.2, -0.15) is 0 Å². The summed E-state index contributed by atoms with van der Waals surface area (Å²) in [7, 11) is 0. The molecule has 2 heterocycles. The molecule has 0 aliphatic carbocycles. The Balaban J connectivity index is 0.00000264. The number of pyridine rings is 1. The van der Waals surface area contributed by atoms with Crippen molar-refractivity contribution in [2.24, 2.45) is 4.99 Å². The Kier molecular flexibility index (Phi) is 9.42. The zero-order valence-corrected chi connectivity index (χ0v) is 17.1. The Hall–Kier alpha value is -0.930. The van der Waals surface area contributed by atoms with E-state index in [1.54, 1.807) is 23.6 Å². The second kappa shape index (κ2) is 10.8. The fourth-order valence-electron chi connectivity index (χ4n) is 1.76. The van der Waals surface area contributed by atoms with E-state index in [0.29, 0.717) is 18.2 Å². The van der Waals surface area contributed by atoms with E-state index in [1.807, 2.05) is 19.2 Å². The number of rotatable bonds is 6. The monoisotopic (exact) mass is 465 g/mol. The normalized spacial score (nSPS) is 11.0. The molecule has 0 fully saturated rings. The standard InChI is InChI=1S/C15H20ClN5S.HI/c1-3-12-9-19-14(22-12)10-21-15(17-4-2)20-8-11-5-6-13(16)18-7-11;/h5-7,9H,3-4,8,10H2,1-2H3,(H2,17,20,21);1H. The van der Waals surface area contributed by atoms with Gasteiger partial charge in [0.05, 0.1) is 13.1 Å². The van der Waals surface area contributed by atoms with Crippen molar-refractivity contribution < 1.29 is 0 Å². The van der Waals surface area contributed by atoms with Crippen molar-refractivity contribution in [3.05, 3.63) is 45.1 Å². The number of hydrogen-bond donors (Lipinski definition) is 2. The van der Waals surface area contributed by atoms with E-state index < -0.39 is 0 Å². The van der Waals surface area contributed by atoms with E-state index in [1.165, 1.54) is 4.88 Å². The highest BCUT2D eigenvalue weighted by molar-refractivity contribution is 14.0. The predicted octanol–water partition coefficient (Wildman–Crippen LogP) is 3.63. The number of aromatic nitrogens is 2. The molecule has 5 nitrogen and oxygen atoms in total. The van der Waals surface area contributed by atoms with Crippen molar-refractivity contribution in [1.29, 1.82) is 0 Å². The highest BCUT2D eigenvalue weighted by Gasteiger charge is 2.03. The molecule has 0 aliphatic rings. The lowest BCUT2D eigenvalue weighted by molar-refractivity contribution is 0.811. The Morgan fingerprint density at radius 2 is 2.04 bits per heavy atom. The number of thiazole rings is 1. The summed E-state index contributed by atoms with van der Waals surface area (Å²) in [6.07, 6.45) is 4.70. The van der Waals surface area contributed by atoms with E-state index in [0.717, 1.165) is 29.5 Å². The van der Waals surface area contributed by atoms with Crippen LogP contribution in [0, 0.1) is 0 Å². The average Bonchev–Trinajstić information content (AvgIpc) is 3.00. The molecule has 0 atom stereocenters. The third-order valence-electron chi connectivity index (χ3n) is 2.91. The summed E-state index contributed by atoms with van der Waals surface area (Å²) in [5.74, 6) is 0.769. The van der Waals surface area contributed by atoms with Crippen LogP contribution in [0.15, 0.2) is 29.5 Å². The van der Waals surface area contributed by atoms with E-state index in [4.69, 9.17) is 11.6 Å². The molecule has 0 saturated carbocycles. The molecule has 0 bridgehead atoms. The van der Waals surface area contributed by atoms with Crippen LogP contribution in [0.1, 0.15) is 29.3 Å². The molecule has 0 unspecified atom stereocenters. The van der Waals surface area contributed by atoms with Gasteiger partial charge in [0.1, 0.15) is 10.2 Å². The van der Waals surface area contributed by atoms with Gasteiger partial charge in [0, 0.05) is 23.8 Å². The molecule has 2 aromatic rings. The van der Waals surface area contributed by atoms with Crippen molar-refractivity contribution in [3.63, 3.8) is 0 Å². The van der Waals surface area contributed by atoms with E-state index in [9.17, 15) is 0 Å². The summed E-state index contributed by atoms with van der Waals surface area (Å²) in [6, 6.07) is 3.70. The molecular formula is C15H21ClIN5S. The number of aliphatic imine (C=N–C) groups is 1. The Morgan fingerprint density at radius 1 is 1.22 bits per heavy atom. The van der Waals surface area contributed by atoms with Crippen LogP contribution in [0.25, 0.3) is 0 Å². The van der Waals surface area contributed by atoms with Gasteiger partial charge in [-0.15, -0.1) is 35.3 Å². The lowest BCUT2D eigenvalue weighted by Gasteiger charge is -2.10. The number of halogens is 2. The van der Waals surface area contributed by atoms with Crippen LogP contribution in [0.4, 0.5) is 0 Å². The van der Waals surface area contributed by atoms with Crippen molar-refractivity contribution in [2.45, 2.75) is 33.4 Å². The number of nitrogens with zero attached hydrogens (tertiary/aromatic N) is 3. The maximum Gasteiger partial charge on any atom is 0.191 e. The summed E-state index contributed by atoms with van der Waals surface area (Å²) in [4.78, 5) is 14.3. The van der Waals surface area contributed by atoms with Gasteiger partial charge in [0.2, 0.25) is 0 Å². The summed E-state index contributed by atoms with van der Waals surface area (Å²) in [5, 5.41) is 8.08. The molecule has 126 valence electrons. The minimum absolute atomic E-state index is 0. The number of hydrogen-bond acceptors (Lipinski definition) is 4. The van der Waals surface area contributed by atoms with Gasteiger partial charge in [-0.1, -0.05) is 24.6 Å². The summed E-state index contributed by atoms with van der Waals surface area (Å²) >= 11 is 7.51. The molecule has 0 aromatic carbocycles. The molecule has 8 heteroatoms. The van der Waals surface area contributed by atoms with Gasteiger partial charge in [-0.25, -0.2) is 15.0 Å². The minimum atomic E-state index is 0. The maximum atomic E-state index is 5.78. The first-order valence-corrected chi connectivity index (χ1v) is 8.47. The summed E-state index contributed by atoms with van der Waals surface area (Å²) < 4.78 is 0. The van der Waals surface area contributed by atoms with Crippen LogP contribution >= 0.6 is 46.9 Å². The van der Waals surface area contributed by atoms with Gasteiger partial charge in [-0.3, -0.25) is 0 Å². The van der Waals surface area contributed by atoms with Crippen molar-refractivity contribution in [3.8, 4) is 0 Å². The first-order valence-electron chi connectivity index (χ1n) is 7.27. The molecule has 0 radical (unpaired) electrons. The quantitative estimate of drug-likeness (QED) is 0.296. The largest absolute Gasteiger partial charge is 0.357 e. The van der Waals surface area contributed by atoms with Gasteiger partial charge in [-0.05, 0) is 25.0 Å². The number of nitrogens with one attached hydrogen (secondary N) is 2. The third-order valence-corrected chi connectivity index (χ3v) is 4.27. The number of guanidine groups is 1. The zero-order valence-electron chi connectivity index (χ0n) is 13.2. The van der Waals surface area contributed by atoms with Crippen molar-refractivity contribution >= 4 is 52.9 Å². The molecule has 2 N–H and O–H groups in total. The van der Waals surface area contributed by atoms with Crippen LogP contribution < -0.4 is 10.6 Å². The van der Waals surface area contributed by atoms with Crippen LogP contribution in [0.5, 0.6) is 0 Å². The highest BCUT2D eigenvalue weighted by Crippen LogP contribution is 2.12. The summed E-state index contributed by atoms with van der Waals surface area (Å²) in [5.41, 5.74) is 1.02. The molecule has 2 rings (SSSR count). The smallest absolute Gasteiger partial charge is 0.191 e. The van der Waals surface area contributed by atoms with Gasteiger partial charge < -0.3 is 10.6 Å². The molecule has 0 amide bonds. The zero-order chi connectivity index (χ0) is 15.8. The lowest BCUT2D eigenvalue weighted by Crippen LogP contribution is -2.36. The summed E-state index contributed by atoms with van der Waals surface area (Å²) in [6.45, 7) is 6.21.